The maximum Gasteiger partial charge on any atom is 0.208 e. The number of nitrogens with one attached hydrogen (secondary N) is 3. The second kappa shape index (κ2) is 9.01. The third kappa shape index (κ3) is 8.03. The largest absolute Gasteiger partial charge is 0.356 e. The molecule has 0 aliphatic heterocycles. The highest BCUT2D eigenvalue weighted by Gasteiger charge is 2.02. The van der Waals surface area contributed by atoms with Gasteiger partial charge in [-0.25, -0.2) is 13.1 Å². The normalized spacial score (nSPS) is 12.4. The Kier molecular flexibility index (Phi) is 7.69. The molecular weight excluding hydrogens is 308 g/mol. The van der Waals surface area contributed by atoms with Crippen LogP contribution in [0.15, 0.2) is 17.1 Å². The average molecular weight is 332 g/mol. The van der Waals surface area contributed by atoms with E-state index in [1.165, 1.54) is 9.75 Å². The molecule has 1 aromatic heterocycles. The fraction of sp³-hybridized carbons (Fsp3) is 0.615. The summed E-state index contributed by atoms with van der Waals surface area (Å²) >= 11 is 1.80. The van der Waals surface area contributed by atoms with Crippen molar-refractivity contribution in [3.8, 4) is 0 Å². The van der Waals surface area contributed by atoms with Gasteiger partial charge in [-0.05, 0) is 25.0 Å². The third-order valence-electron chi connectivity index (χ3n) is 2.73. The summed E-state index contributed by atoms with van der Waals surface area (Å²) in [6.45, 7) is 3.97. The number of aryl methyl sites for hydroxylation is 1. The van der Waals surface area contributed by atoms with Crippen LogP contribution in [-0.2, 0) is 23.0 Å². The summed E-state index contributed by atoms with van der Waals surface area (Å²) < 4.78 is 24.3. The summed E-state index contributed by atoms with van der Waals surface area (Å²) in [5.41, 5.74) is 0. The fourth-order valence-electron chi connectivity index (χ4n) is 1.65. The van der Waals surface area contributed by atoms with Crippen molar-refractivity contribution in [1.29, 1.82) is 0 Å². The van der Waals surface area contributed by atoms with Crippen molar-refractivity contribution in [2.24, 2.45) is 4.99 Å². The Bertz CT molecular complexity index is 552. The van der Waals surface area contributed by atoms with Gasteiger partial charge in [0.2, 0.25) is 10.0 Å². The number of sulfonamides is 1. The first-order valence-electron chi connectivity index (χ1n) is 6.91. The highest BCUT2D eigenvalue weighted by Crippen LogP contribution is 2.16. The minimum absolute atomic E-state index is 0.424. The lowest BCUT2D eigenvalue weighted by Crippen LogP contribution is -2.38. The summed E-state index contributed by atoms with van der Waals surface area (Å²) in [7, 11) is -1.38. The quantitative estimate of drug-likeness (QED) is 0.375. The van der Waals surface area contributed by atoms with Gasteiger partial charge in [-0.3, -0.25) is 4.99 Å². The molecule has 0 bridgehead atoms. The summed E-state index contributed by atoms with van der Waals surface area (Å²) in [5.74, 6) is 0.723. The molecule has 1 heterocycles. The van der Waals surface area contributed by atoms with E-state index < -0.39 is 10.0 Å². The van der Waals surface area contributed by atoms with Gasteiger partial charge in [0.1, 0.15) is 0 Å². The smallest absolute Gasteiger partial charge is 0.208 e. The lowest BCUT2D eigenvalue weighted by molar-refractivity contribution is 0.584. The van der Waals surface area contributed by atoms with Crippen LogP contribution in [0.2, 0.25) is 0 Å². The van der Waals surface area contributed by atoms with Crippen LogP contribution in [0.25, 0.3) is 0 Å². The standard InChI is InChI=1S/C13H24N4O2S2/c1-4-11-6-7-12(20-11)10-16-13(14-2)15-8-5-9-17-21(3,18)19/h6-7,17H,4-5,8-10H2,1-3H3,(H2,14,15,16). The molecule has 0 saturated heterocycles. The molecule has 6 nitrogen and oxygen atoms in total. The van der Waals surface area contributed by atoms with Gasteiger partial charge in [-0.2, -0.15) is 0 Å². The summed E-state index contributed by atoms with van der Waals surface area (Å²) in [6.07, 6.45) is 2.92. The first-order chi connectivity index (χ1) is 9.94. The molecule has 1 aromatic rings. The molecule has 0 radical (unpaired) electrons. The van der Waals surface area contributed by atoms with Crippen LogP contribution in [0.3, 0.4) is 0 Å². The Hall–Kier alpha value is -1.12. The number of hydrogen-bond acceptors (Lipinski definition) is 4. The number of guanidine groups is 1. The van der Waals surface area contributed by atoms with Gasteiger partial charge in [-0.1, -0.05) is 6.92 Å². The predicted molar refractivity (Wildman–Crippen MR) is 89.4 cm³/mol. The molecule has 3 N–H and O–H groups in total. The van der Waals surface area contributed by atoms with Crippen LogP contribution >= 0.6 is 11.3 Å². The van der Waals surface area contributed by atoms with Gasteiger partial charge in [0.25, 0.3) is 0 Å². The van der Waals surface area contributed by atoms with Gasteiger partial charge in [0.05, 0.1) is 12.8 Å². The summed E-state index contributed by atoms with van der Waals surface area (Å²) in [6, 6.07) is 4.27. The molecule has 0 atom stereocenters. The lowest BCUT2D eigenvalue weighted by atomic mass is 10.3. The second-order valence-corrected chi connectivity index (χ2v) is 7.68. The van der Waals surface area contributed by atoms with E-state index in [4.69, 9.17) is 0 Å². The topological polar surface area (TPSA) is 82.6 Å². The van der Waals surface area contributed by atoms with Crippen molar-refractivity contribution >= 4 is 27.3 Å². The Morgan fingerprint density at radius 1 is 1.24 bits per heavy atom. The molecule has 0 aliphatic rings. The van der Waals surface area contributed by atoms with E-state index in [2.05, 4.69) is 39.4 Å². The molecule has 0 fully saturated rings. The fourth-order valence-corrected chi connectivity index (χ4v) is 3.06. The van der Waals surface area contributed by atoms with Crippen molar-refractivity contribution in [3.63, 3.8) is 0 Å². The van der Waals surface area contributed by atoms with Gasteiger partial charge in [0, 0.05) is 29.9 Å². The van der Waals surface area contributed by atoms with E-state index in [0.717, 1.165) is 25.2 Å². The van der Waals surface area contributed by atoms with E-state index in [1.807, 2.05) is 0 Å². The van der Waals surface area contributed by atoms with E-state index in [1.54, 1.807) is 18.4 Å². The molecule has 0 aliphatic carbocycles. The molecule has 1 rings (SSSR count). The van der Waals surface area contributed by atoms with Crippen molar-refractivity contribution in [2.45, 2.75) is 26.3 Å². The Labute approximate surface area is 131 Å². The molecule has 0 aromatic carbocycles. The predicted octanol–water partition coefficient (Wildman–Crippen LogP) is 0.915. The molecule has 120 valence electrons. The zero-order chi connectivity index (χ0) is 15.7. The van der Waals surface area contributed by atoms with Gasteiger partial charge >= 0.3 is 0 Å². The third-order valence-corrected chi connectivity index (χ3v) is 4.69. The van der Waals surface area contributed by atoms with E-state index >= 15 is 0 Å². The van der Waals surface area contributed by atoms with Gasteiger partial charge in [0.15, 0.2) is 5.96 Å². The van der Waals surface area contributed by atoms with Crippen molar-refractivity contribution < 1.29 is 8.42 Å². The number of thiophene rings is 1. The summed E-state index contributed by atoms with van der Waals surface area (Å²) in [5, 5.41) is 6.40. The van der Waals surface area contributed by atoms with Gasteiger partial charge < -0.3 is 10.6 Å². The Morgan fingerprint density at radius 2 is 1.95 bits per heavy atom. The van der Waals surface area contributed by atoms with Crippen LogP contribution in [0.1, 0.15) is 23.1 Å². The van der Waals surface area contributed by atoms with Crippen molar-refractivity contribution in [3.05, 3.63) is 21.9 Å². The number of aliphatic imine (C=N–C) groups is 1. The minimum atomic E-state index is -3.10. The van der Waals surface area contributed by atoms with Crippen LogP contribution in [0, 0.1) is 0 Å². The number of hydrogen-bond donors (Lipinski definition) is 3. The van der Waals surface area contributed by atoms with Crippen molar-refractivity contribution in [2.75, 3.05) is 26.4 Å². The van der Waals surface area contributed by atoms with Crippen LogP contribution in [0.5, 0.6) is 0 Å². The summed E-state index contributed by atoms with van der Waals surface area (Å²) in [4.78, 5) is 6.79. The van der Waals surface area contributed by atoms with Crippen LogP contribution < -0.4 is 15.4 Å². The van der Waals surface area contributed by atoms with E-state index in [9.17, 15) is 8.42 Å². The first kappa shape index (κ1) is 17.9. The highest BCUT2D eigenvalue weighted by molar-refractivity contribution is 7.88. The van der Waals surface area contributed by atoms with Crippen LogP contribution in [-0.4, -0.2) is 40.8 Å². The number of rotatable bonds is 8. The molecule has 0 saturated carbocycles. The average Bonchev–Trinajstić information content (AvgIpc) is 2.88. The maximum atomic E-state index is 10.9. The zero-order valence-electron chi connectivity index (χ0n) is 12.8. The lowest BCUT2D eigenvalue weighted by Gasteiger charge is -2.11. The van der Waals surface area contributed by atoms with E-state index in [-0.39, 0.29) is 0 Å². The first-order valence-corrected chi connectivity index (χ1v) is 9.62. The monoisotopic (exact) mass is 332 g/mol. The Balaban J connectivity index is 2.23. The van der Waals surface area contributed by atoms with Crippen molar-refractivity contribution in [1.82, 2.24) is 15.4 Å². The number of nitrogens with zero attached hydrogens (tertiary/aromatic N) is 1. The second-order valence-electron chi connectivity index (χ2n) is 4.59. The SMILES string of the molecule is CCc1ccc(CNC(=NC)NCCCNS(C)(=O)=O)s1. The molecule has 8 heteroatoms. The van der Waals surface area contributed by atoms with Gasteiger partial charge in [-0.15, -0.1) is 11.3 Å². The minimum Gasteiger partial charge on any atom is -0.356 e. The molecule has 21 heavy (non-hydrogen) atoms. The van der Waals surface area contributed by atoms with E-state index in [0.29, 0.717) is 19.5 Å². The molecular formula is C13H24N4O2S2. The molecule has 0 spiro atoms. The zero-order valence-corrected chi connectivity index (χ0v) is 14.4. The molecule has 0 unspecified atom stereocenters. The highest BCUT2D eigenvalue weighted by atomic mass is 32.2. The molecule has 0 amide bonds. The maximum absolute atomic E-state index is 10.9. The Morgan fingerprint density at radius 3 is 2.52 bits per heavy atom. The van der Waals surface area contributed by atoms with Crippen LogP contribution in [0.4, 0.5) is 0 Å².